The first-order valence-electron chi connectivity index (χ1n) is 21.2. The smallest absolute Gasteiger partial charge is 0.192 e. The molecular weight excluding hydrogens is 777 g/mol. The maximum Gasteiger partial charge on any atom is 0.192 e. The minimum Gasteiger partial charge on any atom is -0.497 e. The van der Waals surface area contributed by atoms with E-state index in [9.17, 15) is 4.79 Å². The zero-order chi connectivity index (χ0) is 43.7. The molecule has 3 rings (SSSR count). The lowest BCUT2D eigenvalue weighted by atomic mass is 9.99. The molecule has 0 amide bonds. The van der Waals surface area contributed by atoms with Crippen molar-refractivity contribution in [1.29, 1.82) is 0 Å². The van der Waals surface area contributed by atoms with Gasteiger partial charge in [0.2, 0.25) is 0 Å². The van der Waals surface area contributed by atoms with E-state index in [0.717, 1.165) is 28.2 Å². The summed E-state index contributed by atoms with van der Waals surface area (Å²) < 4.78 is 49.7. The second kappa shape index (κ2) is 23.9. The second-order valence-corrected chi connectivity index (χ2v) is 28.3. The highest BCUT2D eigenvalue weighted by molar-refractivity contribution is 6.74. The van der Waals surface area contributed by atoms with Crippen molar-refractivity contribution >= 4 is 22.4 Å². The summed E-state index contributed by atoms with van der Waals surface area (Å²) in [5, 5.41) is 0.0538. The molecular formula is C48H76O9Si2. The Kier molecular flexibility index (Phi) is 20.5. The van der Waals surface area contributed by atoms with Crippen LogP contribution in [0.4, 0.5) is 0 Å². The number of ether oxygens (including phenoxy) is 6. The summed E-state index contributed by atoms with van der Waals surface area (Å²) in [5.41, 5.74) is 3.17. The number of hydrogen-bond acceptors (Lipinski definition) is 9. The molecule has 9 nitrogen and oxygen atoms in total. The Hall–Kier alpha value is -2.88. The van der Waals surface area contributed by atoms with Gasteiger partial charge >= 0.3 is 0 Å². The normalized spacial score (nSPS) is 14.7. The molecule has 0 N–H and O–H groups in total. The third-order valence-electron chi connectivity index (χ3n) is 12.0. The number of Topliss-reactive ketones (excluding diaryl/α,β-unsaturated/α-hetero) is 1. The molecule has 4 atom stereocenters. The lowest BCUT2D eigenvalue weighted by molar-refractivity contribution is -0.124. The highest BCUT2D eigenvalue weighted by Crippen LogP contribution is 2.39. The molecule has 0 aliphatic rings. The minimum atomic E-state index is -2.28. The van der Waals surface area contributed by atoms with Gasteiger partial charge in [0.25, 0.3) is 0 Å². The SMILES string of the molecule is COc1ccc(CO[C@H](CCO[Si](C)(C)C(C)(C)C)C[C@@H](CC(=O)C[C@H](C[C@H](COCc2ccccc2)OCc2ccc(OC)cc2)O[Si](C)(C)C(C)(C)C)OC)cc1. The highest BCUT2D eigenvalue weighted by Gasteiger charge is 2.40. The van der Waals surface area contributed by atoms with Crippen molar-refractivity contribution < 1.29 is 42.1 Å². The molecule has 0 radical (unpaired) electrons. The van der Waals surface area contributed by atoms with Gasteiger partial charge in [0.15, 0.2) is 16.6 Å². The van der Waals surface area contributed by atoms with E-state index in [1.54, 1.807) is 21.3 Å². The van der Waals surface area contributed by atoms with Gasteiger partial charge < -0.3 is 37.3 Å². The average Bonchev–Trinajstić information content (AvgIpc) is 3.18. The Morgan fingerprint density at radius 2 is 1.05 bits per heavy atom. The predicted octanol–water partition coefficient (Wildman–Crippen LogP) is 11.3. The fourth-order valence-corrected chi connectivity index (χ4v) is 8.50. The van der Waals surface area contributed by atoms with Crippen LogP contribution in [0.25, 0.3) is 0 Å². The molecule has 3 aromatic rings. The Balaban J connectivity index is 1.78. The van der Waals surface area contributed by atoms with Crippen LogP contribution in [0.2, 0.25) is 36.3 Å². The van der Waals surface area contributed by atoms with Crippen molar-refractivity contribution in [3.05, 3.63) is 95.6 Å². The van der Waals surface area contributed by atoms with E-state index in [1.165, 1.54) is 0 Å². The highest BCUT2D eigenvalue weighted by atomic mass is 28.4. The van der Waals surface area contributed by atoms with E-state index < -0.39 is 16.6 Å². The second-order valence-electron chi connectivity index (χ2n) is 18.7. The van der Waals surface area contributed by atoms with Gasteiger partial charge in [0.1, 0.15) is 17.3 Å². The first-order chi connectivity index (χ1) is 27.7. The molecule has 11 heteroatoms. The van der Waals surface area contributed by atoms with E-state index in [-0.39, 0.29) is 53.1 Å². The van der Waals surface area contributed by atoms with Gasteiger partial charge in [0.05, 0.1) is 65.1 Å². The van der Waals surface area contributed by atoms with Gasteiger partial charge in [-0.15, -0.1) is 0 Å². The molecule has 0 bridgehead atoms. The van der Waals surface area contributed by atoms with Crippen LogP contribution in [0.15, 0.2) is 78.9 Å². The summed E-state index contributed by atoms with van der Waals surface area (Å²) in [6.07, 6.45) is 1.11. The van der Waals surface area contributed by atoms with Crippen LogP contribution in [0.3, 0.4) is 0 Å². The standard InChI is InChI=1S/C48H76O9Si2/c1-47(2,3)58(10,11)56-28-27-43(54-34-38-19-23-41(50-7)24-20-38)31-44(52-9)29-40(49)30-45(57-59(12,13)48(4,5)6)32-46(36-53-33-37-17-15-14-16-18-37)55-35-39-21-25-42(51-8)26-22-39/h14-26,43-46H,27-36H2,1-13H3/t43-,44-,45-,46-/m1/s1. The molecule has 0 spiro atoms. The van der Waals surface area contributed by atoms with E-state index >= 15 is 0 Å². The molecule has 330 valence electrons. The molecule has 0 unspecified atom stereocenters. The summed E-state index contributed by atoms with van der Waals surface area (Å²) in [6, 6.07) is 25.9. The molecule has 59 heavy (non-hydrogen) atoms. The van der Waals surface area contributed by atoms with Crippen LogP contribution in [-0.4, -0.2) is 81.4 Å². The molecule has 0 saturated heterocycles. The Bertz CT molecular complexity index is 1620. The minimum absolute atomic E-state index is 0.0481. The quantitative estimate of drug-likeness (QED) is 0.0695. The predicted molar refractivity (Wildman–Crippen MR) is 243 cm³/mol. The Labute approximate surface area is 359 Å². The molecule has 3 aromatic carbocycles. The molecule has 0 heterocycles. The fraction of sp³-hybridized carbons (Fsp3) is 0.604. The van der Waals surface area contributed by atoms with Crippen LogP contribution >= 0.6 is 0 Å². The lowest BCUT2D eigenvalue weighted by Crippen LogP contribution is -2.45. The zero-order valence-corrected chi connectivity index (χ0v) is 40.6. The first kappa shape index (κ1) is 50.5. The largest absolute Gasteiger partial charge is 0.497 e. The van der Waals surface area contributed by atoms with Gasteiger partial charge in [-0.3, -0.25) is 4.79 Å². The maximum atomic E-state index is 14.2. The number of rotatable bonds is 27. The third kappa shape index (κ3) is 17.9. The third-order valence-corrected chi connectivity index (χ3v) is 21.0. The average molecular weight is 853 g/mol. The number of carbonyl (C=O) groups excluding carboxylic acids is 1. The Morgan fingerprint density at radius 1 is 0.576 bits per heavy atom. The number of ketones is 1. The lowest BCUT2D eigenvalue weighted by Gasteiger charge is -2.40. The van der Waals surface area contributed by atoms with Gasteiger partial charge in [0, 0.05) is 39.4 Å². The van der Waals surface area contributed by atoms with Crippen molar-refractivity contribution in [3.63, 3.8) is 0 Å². The van der Waals surface area contributed by atoms with Crippen LogP contribution < -0.4 is 9.47 Å². The number of hydrogen-bond donors (Lipinski definition) is 0. The number of carbonyl (C=O) groups is 1. The van der Waals surface area contributed by atoms with Crippen molar-refractivity contribution in [2.24, 2.45) is 0 Å². The van der Waals surface area contributed by atoms with Crippen molar-refractivity contribution in [3.8, 4) is 11.5 Å². The molecule has 0 saturated carbocycles. The fourth-order valence-electron chi connectivity index (χ4n) is 6.08. The topological polar surface area (TPSA) is 90.9 Å². The van der Waals surface area contributed by atoms with Crippen molar-refractivity contribution in [2.75, 3.05) is 34.5 Å². The van der Waals surface area contributed by atoms with Crippen LogP contribution in [-0.2, 0) is 52.4 Å². The number of methoxy groups -OCH3 is 3. The van der Waals surface area contributed by atoms with Crippen molar-refractivity contribution in [2.45, 2.75) is 154 Å². The molecule has 0 aliphatic carbocycles. The van der Waals surface area contributed by atoms with E-state index in [2.05, 4.69) is 79.9 Å². The zero-order valence-electron chi connectivity index (χ0n) is 38.6. The monoisotopic (exact) mass is 853 g/mol. The first-order valence-corrected chi connectivity index (χ1v) is 27.0. The summed E-state index contributed by atoms with van der Waals surface area (Å²) in [4.78, 5) is 14.2. The van der Waals surface area contributed by atoms with E-state index in [0.29, 0.717) is 52.3 Å². The van der Waals surface area contributed by atoms with Gasteiger partial charge in [-0.25, -0.2) is 0 Å². The maximum absolute atomic E-state index is 14.2. The van der Waals surface area contributed by atoms with Crippen LogP contribution in [0.5, 0.6) is 11.5 Å². The van der Waals surface area contributed by atoms with Gasteiger partial charge in [-0.05, 0) is 83.6 Å². The Morgan fingerprint density at radius 3 is 1.54 bits per heavy atom. The summed E-state index contributed by atoms with van der Waals surface area (Å²) in [5.74, 6) is 1.68. The van der Waals surface area contributed by atoms with Crippen molar-refractivity contribution in [1.82, 2.24) is 0 Å². The summed E-state index contributed by atoms with van der Waals surface area (Å²) in [6.45, 7) is 24.7. The summed E-state index contributed by atoms with van der Waals surface area (Å²) >= 11 is 0. The van der Waals surface area contributed by atoms with E-state index in [4.69, 9.17) is 37.3 Å². The number of benzene rings is 3. The van der Waals surface area contributed by atoms with E-state index in [1.807, 2.05) is 66.7 Å². The van der Waals surface area contributed by atoms with Gasteiger partial charge in [-0.2, -0.15) is 0 Å². The summed E-state index contributed by atoms with van der Waals surface area (Å²) in [7, 11) is 0.766. The molecule has 0 aromatic heterocycles. The van der Waals surface area contributed by atoms with Crippen LogP contribution in [0.1, 0.15) is 90.3 Å². The molecule has 0 aliphatic heterocycles. The van der Waals surface area contributed by atoms with Gasteiger partial charge in [-0.1, -0.05) is 96.1 Å². The molecule has 0 fully saturated rings. The van der Waals surface area contributed by atoms with Crippen LogP contribution in [0, 0.1) is 0 Å².